The van der Waals surface area contributed by atoms with Gasteiger partial charge in [0.1, 0.15) is 0 Å². The van der Waals surface area contributed by atoms with E-state index < -0.39 is 5.60 Å². The van der Waals surface area contributed by atoms with Gasteiger partial charge in [0.25, 0.3) is 0 Å². The highest BCUT2D eigenvalue weighted by atomic mass is 16.3. The summed E-state index contributed by atoms with van der Waals surface area (Å²) in [6.45, 7) is 6.00. The van der Waals surface area contributed by atoms with Crippen LogP contribution in [0.25, 0.3) is 0 Å². The lowest BCUT2D eigenvalue weighted by molar-refractivity contribution is 0.199. The maximum Gasteiger partial charge on any atom is 0.166 e. The number of aliphatic hydroxyl groups is 1. The van der Waals surface area contributed by atoms with Crippen molar-refractivity contribution < 1.29 is 5.11 Å². The lowest BCUT2D eigenvalue weighted by atomic mass is 9.94. The number of benzene rings is 1. The maximum absolute atomic E-state index is 10.5. The van der Waals surface area contributed by atoms with Crippen molar-refractivity contribution in [3.63, 3.8) is 0 Å². The number of hydrogen-bond acceptors (Lipinski definition) is 4. The zero-order chi connectivity index (χ0) is 12.3. The average Bonchev–Trinajstić information content (AvgIpc) is 2.80. The van der Waals surface area contributed by atoms with Gasteiger partial charge in [0.05, 0.1) is 12.4 Å². The van der Waals surface area contributed by atoms with Crippen molar-refractivity contribution in [3.8, 4) is 0 Å². The van der Waals surface area contributed by atoms with Crippen molar-refractivity contribution in [2.45, 2.75) is 19.4 Å². The predicted octanol–water partition coefficient (Wildman–Crippen LogP) is 1.79. The molecular formula is C13H17N3O. The van der Waals surface area contributed by atoms with E-state index in [1.807, 2.05) is 24.3 Å². The summed E-state index contributed by atoms with van der Waals surface area (Å²) in [5, 5.41) is 17.9. The Kier molecular flexibility index (Phi) is 3.24. The molecule has 1 aromatic carbocycles. The third kappa shape index (κ3) is 2.08. The van der Waals surface area contributed by atoms with Gasteiger partial charge in [-0.1, -0.05) is 18.2 Å². The average molecular weight is 231 g/mol. The molecule has 0 radical (unpaired) electrons. The molecule has 1 aromatic rings. The Morgan fingerprint density at radius 2 is 1.71 bits per heavy atom. The minimum atomic E-state index is -1.17. The standard InChI is InChI=1S/C13H17N3O/c1-3-16(4-2)12-8-6-5-7-11(12)13(17)9-14-15-10-13/h5-10,17H,3-4H2,1-2H3. The van der Waals surface area contributed by atoms with Crippen LogP contribution in [0.3, 0.4) is 0 Å². The fourth-order valence-electron chi connectivity index (χ4n) is 2.07. The van der Waals surface area contributed by atoms with Crippen LogP contribution in [-0.2, 0) is 5.60 Å². The minimum Gasteiger partial charge on any atom is -0.374 e. The number of nitrogens with zero attached hydrogens (tertiary/aromatic N) is 3. The SMILES string of the molecule is CCN(CC)c1ccccc1C1(O)C=NN=C1. The molecule has 1 aliphatic rings. The number of para-hydroxylation sites is 1. The second kappa shape index (κ2) is 4.67. The molecule has 0 unspecified atom stereocenters. The summed E-state index contributed by atoms with van der Waals surface area (Å²) in [7, 11) is 0. The van der Waals surface area contributed by atoms with Gasteiger partial charge in [0, 0.05) is 24.3 Å². The Hall–Kier alpha value is -1.68. The van der Waals surface area contributed by atoms with Crippen LogP contribution < -0.4 is 4.90 Å². The Balaban J connectivity index is 2.47. The van der Waals surface area contributed by atoms with Crippen LogP contribution in [0, 0.1) is 0 Å². The van der Waals surface area contributed by atoms with Crippen LogP contribution in [0.2, 0.25) is 0 Å². The zero-order valence-corrected chi connectivity index (χ0v) is 10.2. The van der Waals surface area contributed by atoms with Crippen molar-refractivity contribution in [2.24, 2.45) is 10.2 Å². The zero-order valence-electron chi connectivity index (χ0n) is 10.2. The lowest BCUT2D eigenvalue weighted by Crippen LogP contribution is -2.32. The van der Waals surface area contributed by atoms with E-state index in [1.54, 1.807) is 0 Å². The molecule has 0 aromatic heterocycles. The minimum absolute atomic E-state index is 0.828. The third-order valence-corrected chi connectivity index (χ3v) is 3.02. The second-order valence-corrected chi connectivity index (χ2v) is 4.00. The second-order valence-electron chi connectivity index (χ2n) is 4.00. The van der Waals surface area contributed by atoms with Crippen LogP contribution in [0.15, 0.2) is 34.5 Å². The smallest absolute Gasteiger partial charge is 0.166 e. The van der Waals surface area contributed by atoms with Gasteiger partial charge < -0.3 is 10.0 Å². The Morgan fingerprint density at radius 3 is 2.29 bits per heavy atom. The first-order chi connectivity index (χ1) is 8.21. The molecule has 4 nitrogen and oxygen atoms in total. The van der Waals surface area contributed by atoms with Gasteiger partial charge in [-0.3, -0.25) is 0 Å². The van der Waals surface area contributed by atoms with Gasteiger partial charge in [-0.25, -0.2) is 0 Å². The highest BCUT2D eigenvalue weighted by Gasteiger charge is 2.31. The van der Waals surface area contributed by atoms with Crippen LogP contribution >= 0.6 is 0 Å². The quantitative estimate of drug-likeness (QED) is 0.858. The first-order valence-electron chi connectivity index (χ1n) is 5.86. The molecule has 1 aliphatic heterocycles. The monoisotopic (exact) mass is 231 g/mol. The largest absolute Gasteiger partial charge is 0.374 e. The molecule has 0 aliphatic carbocycles. The number of hydrogen-bond donors (Lipinski definition) is 1. The van der Waals surface area contributed by atoms with E-state index in [0.29, 0.717) is 0 Å². The van der Waals surface area contributed by atoms with Crippen molar-refractivity contribution >= 4 is 18.1 Å². The van der Waals surface area contributed by atoms with Crippen molar-refractivity contribution in [3.05, 3.63) is 29.8 Å². The van der Waals surface area contributed by atoms with E-state index in [4.69, 9.17) is 0 Å². The Morgan fingerprint density at radius 1 is 1.12 bits per heavy atom. The third-order valence-electron chi connectivity index (χ3n) is 3.02. The number of anilines is 1. The van der Waals surface area contributed by atoms with E-state index in [0.717, 1.165) is 24.3 Å². The molecule has 1 heterocycles. The summed E-state index contributed by atoms with van der Waals surface area (Å²) in [4.78, 5) is 2.20. The van der Waals surface area contributed by atoms with Crippen molar-refractivity contribution in [1.82, 2.24) is 0 Å². The molecule has 0 spiro atoms. The van der Waals surface area contributed by atoms with Gasteiger partial charge >= 0.3 is 0 Å². The molecule has 0 amide bonds. The summed E-state index contributed by atoms with van der Waals surface area (Å²) < 4.78 is 0. The highest BCUT2D eigenvalue weighted by molar-refractivity contribution is 5.98. The topological polar surface area (TPSA) is 48.2 Å². The normalized spacial score (nSPS) is 16.4. The van der Waals surface area contributed by atoms with Gasteiger partial charge in [-0.15, -0.1) is 0 Å². The van der Waals surface area contributed by atoms with E-state index in [1.165, 1.54) is 12.4 Å². The molecular weight excluding hydrogens is 214 g/mol. The Bertz CT molecular complexity index is 438. The van der Waals surface area contributed by atoms with Crippen LogP contribution in [0.4, 0.5) is 5.69 Å². The molecule has 0 atom stereocenters. The Labute approximate surface area is 101 Å². The van der Waals surface area contributed by atoms with Gasteiger partial charge in [-0.2, -0.15) is 10.2 Å². The molecule has 4 heteroatoms. The molecule has 17 heavy (non-hydrogen) atoms. The first-order valence-corrected chi connectivity index (χ1v) is 5.86. The molecule has 2 rings (SSSR count). The van der Waals surface area contributed by atoms with Gasteiger partial charge in [0.2, 0.25) is 0 Å². The summed E-state index contributed by atoms with van der Waals surface area (Å²) >= 11 is 0. The summed E-state index contributed by atoms with van der Waals surface area (Å²) in [5.74, 6) is 0. The van der Waals surface area contributed by atoms with E-state index >= 15 is 0 Å². The van der Waals surface area contributed by atoms with Gasteiger partial charge in [0.15, 0.2) is 5.60 Å². The molecule has 0 bridgehead atoms. The fraction of sp³-hybridized carbons (Fsp3) is 0.385. The molecule has 0 fully saturated rings. The van der Waals surface area contributed by atoms with E-state index in [2.05, 4.69) is 29.0 Å². The van der Waals surface area contributed by atoms with E-state index in [9.17, 15) is 5.11 Å². The summed E-state index contributed by atoms with van der Waals surface area (Å²) in [6, 6.07) is 7.82. The summed E-state index contributed by atoms with van der Waals surface area (Å²) in [6.07, 6.45) is 2.94. The summed E-state index contributed by atoms with van der Waals surface area (Å²) in [5.41, 5.74) is 0.688. The maximum atomic E-state index is 10.5. The molecule has 1 N–H and O–H groups in total. The molecule has 0 saturated carbocycles. The highest BCUT2D eigenvalue weighted by Crippen LogP contribution is 2.30. The van der Waals surface area contributed by atoms with Gasteiger partial charge in [-0.05, 0) is 19.9 Å². The predicted molar refractivity (Wildman–Crippen MR) is 70.9 cm³/mol. The van der Waals surface area contributed by atoms with Crippen molar-refractivity contribution in [1.29, 1.82) is 0 Å². The van der Waals surface area contributed by atoms with Crippen molar-refractivity contribution in [2.75, 3.05) is 18.0 Å². The first kappa shape index (κ1) is 11.8. The van der Waals surface area contributed by atoms with Crippen LogP contribution in [-0.4, -0.2) is 30.6 Å². The molecule has 0 saturated heterocycles. The van der Waals surface area contributed by atoms with Crippen LogP contribution in [0.1, 0.15) is 19.4 Å². The fourth-order valence-corrected chi connectivity index (χ4v) is 2.07. The molecule has 90 valence electrons. The van der Waals surface area contributed by atoms with Crippen LogP contribution in [0.5, 0.6) is 0 Å². The van der Waals surface area contributed by atoms with E-state index in [-0.39, 0.29) is 0 Å². The number of rotatable bonds is 4. The lowest BCUT2D eigenvalue weighted by Gasteiger charge is -2.28.